The molecule has 0 atom stereocenters. The second-order valence-electron chi connectivity index (χ2n) is 11.2. The number of carbonyl (C=O) groups excluding carboxylic acids is 2. The van der Waals surface area contributed by atoms with E-state index >= 15 is 0 Å². The van der Waals surface area contributed by atoms with Gasteiger partial charge in [0.15, 0.2) is 11.6 Å². The van der Waals surface area contributed by atoms with Gasteiger partial charge in [0, 0.05) is 38.3 Å². The number of pyridine rings is 4. The molecule has 16 nitrogen and oxygen atoms in total. The second kappa shape index (κ2) is 16.8. The molecule has 0 spiro atoms. The number of imidazole rings is 2. The summed E-state index contributed by atoms with van der Waals surface area (Å²) in [6, 6.07) is 5.79. The molecule has 0 saturated carbocycles. The summed E-state index contributed by atoms with van der Waals surface area (Å²) in [7, 11) is 0. The molecular formula is C32H40N14O2W. The van der Waals surface area contributed by atoms with Crippen LogP contribution in [0.4, 0.5) is 21.2 Å². The van der Waals surface area contributed by atoms with Crippen LogP contribution in [0.2, 0.25) is 0 Å². The minimum Gasteiger partial charge on any atom is -0.448 e. The minimum atomic E-state index is -0.793. The van der Waals surface area contributed by atoms with Crippen LogP contribution in [-0.2, 0) is 47.0 Å². The van der Waals surface area contributed by atoms with Gasteiger partial charge in [-0.25, -0.2) is 19.9 Å². The SMILES string of the molecule is CCCCc1nc2c(N)nc3cccnc3c2n1CCNC([NH-])=O.CCCCc1nc2c(N)nc3cccnc3c2n1CCNC([NH-])=O.[W+2]. The van der Waals surface area contributed by atoms with Gasteiger partial charge in [0.1, 0.15) is 56.8 Å². The molecule has 6 aromatic heterocycles. The molecule has 0 bridgehead atoms. The van der Waals surface area contributed by atoms with E-state index in [1.165, 1.54) is 0 Å². The number of hydrogen-bond donors (Lipinski definition) is 4. The Morgan fingerprint density at radius 1 is 0.694 bits per heavy atom. The Kier molecular flexibility index (Phi) is 12.6. The Bertz CT molecular complexity index is 1930. The summed E-state index contributed by atoms with van der Waals surface area (Å²) < 4.78 is 4.07. The zero-order chi connectivity index (χ0) is 34.2. The molecule has 0 aliphatic rings. The van der Waals surface area contributed by atoms with Crippen LogP contribution in [0.5, 0.6) is 0 Å². The molecule has 6 rings (SSSR count). The van der Waals surface area contributed by atoms with E-state index in [1.54, 1.807) is 12.4 Å². The van der Waals surface area contributed by atoms with Crippen molar-refractivity contribution in [1.29, 1.82) is 0 Å². The summed E-state index contributed by atoms with van der Waals surface area (Å²) in [5.41, 5.74) is 32.0. The zero-order valence-electron chi connectivity index (χ0n) is 27.5. The molecule has 0 radical (unpaired) electrons. The molecule has 49 heavy (non-hydrogen) atoms. The van der Waals surface area contributed by atoms with Crippen LogP contribution in [0.25, 0.3) is 55.6 Å². The van der Waals surface area contributed by atoms with Gasteiger partial charge in [0.25, 0.3) is 0 Å². The third-order valence-electron chi connectivity index (χ3n) is 7.83. The number of urea groups is 2. The maximum atomic E-state index is 10.8. The molecule has 0 aliphatic carbocycles. The monoisotopic (exact) mass is 836 g/mol. The quantitative estimate of drug-likeness (QED) is 0.123. The Morgan fingerprint density at radius 2 is 1.10 bits per heavy atom. The molecule has 0 aliphatic heterocycles. The minimum absolute atomic E-state index is 0. The number of anilines is 2. The molecule has 256 valence electrons. The van der Waals surface area contributed by atoms with Crippen LogP contribution in [0.3, 0.4) is 0 Å². The largest absolute Gasteiger partial charge is 2.00 e. The number of fused-ring (bicyclic) bond motifs is 6. The summed E-state index contributed by atoms with van der Waals surface area (Å²) in [6.45, 7) is 5.97. The summed E-state index contributed by atoms with van der Waals surface area (Å²) in [5, 5.41) is 5.01. The van der Waals surface area contributed by atoms with E-state index in [0.717, 1.165) is 83.3 Å². The number of rotatable bonds is 12. The first-order valence-electron chi connectivity index (χ1n) is 16.0. The van der Waals surface area contributed by atoms with Crippen molar-refractivity contribution in [2.24, 2.45) is 0 Å². The van der Waals surface area contributed by atoms with Gasteiger partial charge in [0.2, 0.25) is 0 Å². The van der Waals surface area contributed by atoms with Crippen LogP contribution in [-0.4, -0.2) is 64.2 Å². The van der Waals surface area contributed by atoms with Crippen LogP contribution in [0.15, 0.2) is 36.7 Å². The molecule has 0 unspecified atom stereocenters. The van der Waals surface area contributed by atoms with E-state index in [9.17, 15) is 9.59 Å². The average molecular weight is 837 g/mol. The summed E-state index contributed by atoms with van der Waals surface area (Å²) >= 11 is 0. The number of aryl methyl sites for hydroxylation is 2. The molecule has 6 aromatic rings. The number of hydrogen-bond acceptors (Lipinski definition) is 10. The smallest absolute Gasteiger partial charge is 0.448 e. The number of carbonyl (C=O) groups is 2. The predicted octanol–water partition coefficient (Wildman–Crippen LogP) is 5.33. The van der Waals surface area contributed by atoms with Crippen molar-refractivity contribution in [3.63, 3.8) is 0 Å². The fourth-order valence-corrected chi connectivity index (χ4v) is 5.64. The van der Waals surface area contributed by atoms with Gasteiger partial charge in [-0.1, -0.05) is 26.7 Å². The third kappa shape index (κ3) is 8.31. The van der Waals surface area contributed by atoms with E-state index in [1.807, 2.05) is 33.4 Å². The van der Waals surface area contributed by atoms with E-state index < -0.39 is 12.1 Å². The molecule has 6 heterocycles. The van der Waals surface area contributed by atoms with Crippen molar-refractivity contribution >= 4 is 67.8 Å². The Balaban J connectivity index is 0.000000216. The molecule has 0 aromatic carbocycles. The molecule has 8 N–H and O–H groups in total. The Morgan fingerprint density at radius 3 is 1.47 bits per heavy atom. The van der Waals surface area contributed by atoms with E-state index in [-0.39, 0.29) is 21.1 Å². The van der Waals surface area contributed by atoms with Crippen LogP contribution < -0.4 is 22.1 Å². The topological polar surface area (TPSA) is 245 Å². The predicted molar refractivity (Wildman–Crippen MR) is 187 cm³/mol. The Hall–Kier alpha value is -5.11. The van der Waals surface area contributed by atoms with Crippen LogP contribution in [0, 0.1) is 0 Å². The van der Waals surface area contributed by atoms with Gasteiger partial charge in [-0.2, -0.15) is 0 Å². The summed E-state index contributed by atoms with van der Waals surface area (Å²) in [4.78, 5) is 48.7. The molecule has 0 fully saturated rings. The number of nitrogens with two attached hydrogens (primary N) is 2. The van der Waals surface area contributed by atoms with Crippen molar-refractivity contribution in [3.05, 3.63) is 59.8 Å². The van der Waals surface area contributed by atoms with Crippen molar-refractivity contribution in [2.45, 2.75) is 65.5 Å². The van der Waals surface area contributed by atoms with Gasteiger partial charge in [-0.15, -0.1) is 0 Å². The van der Waals surface area contributed by atoms with Crippen molar-refractivity contribution in [2.75, 3.05) is 24.6 Å². The molecule has 4 amide bonds. The van der Waals surface area contributed by atoms with Crippen molar-refractivity contribution in [1.82, 2.24) is 49.7 Å². The van der Waals surface area contributed by atoms with Gasteiger partial charge < -0.3 is 42.7 Å². The molecule has 17 heteroatoms. The normalized spacial score (nSPS) is 11.0. The van der Waals surface area contributed by atoms with Crippen LogP contribution >= 0.6 is 0 Å². The van der Waals surface area contributed by atoms with Gasteiger partial charge in [0.05, 0.1) is 11.0 Å². The maximum absolute atomic E-state index is 10.8. The standard InChI is InChI=1S/2C16H21N7O.W/c2*1-2-3-6-11-22-13-14(23(11)9-8-20-16(18)24)12-10(21-15(13)17)5-4-7-19-12;/h2*4-5,7H,2-3,6,8-9H2,1H3,(H5,17,18,20,21,24);/q;;+2/p-2. The first-order chi connectivity index (χ1) is 23.2. The number of unbranched alkanes of at least 4 members (excludes halogenated alkanes) is 2. The molecular weight excluding hydrogens is 796 g/mol. The number of aromatic nitrogens is 8. The first kappa shape index (κ1) is 36.7. The molecule has 0 saturated heterocycles. The fourth-order valence-electron chi connectivity index (χ4n) is 5.64. The third-order valence-corrected chi connectivity index (χ3v) is 7.83. The van der Waals surface area contributed by atoms with E-state index in [0.29, 0.717) is 48.8 Å². The van der Waals surface area contributed by atoms with E-state index in [2.05, 4.69) is 54.4 Å². The zero-order valence-corrected chi connectivity index (χ0v) is 30.4. The van der Waals surface area contributed by atoms with Crippen LogP contribution in [0.1, 0.15) is 51.2 Å². The number of amides is 4. The maximum Gasteiger partial charge on any atom is 2.00 e. The Labute approximate surface area is 297 Å². The number of nitrogens with zero attached hydrogens (tertiary/aromatic N) is 8. The van der Waals surface area contributed by atoms with Gasteiger partial charge in [-0.05, 0) is 50.2 Å². The number of nitrogens with one attached hydrogen (secondary N) is 4. The average Bonchev–Trinajstić information content (AvgIpc) is 3.62. The van der Waals surface area contributed by atoms with Crippen molar-refractivity contribution in [3.8, 4) is 0 Å². The van der Waals surface area contributed by atoms with Gasteiger partial charge in [-0.3, -0.25) is 19.6 Å². The fraction of sp³-hybridized carbons (Fsp3) is 0.375. The number of nitrogen functional groups attached to an aromatic ring is 2. The summed E-state index contributed by atoms with van der Waals surface area (Å²) in [5.74, 6) is 2.56. The van der Waals surface area contributed by atoms with Gasteiger partial charge >= 0.3 is 21.1 Å². The summed E-state index contributed by atoms with van der Waals surface area (Å²) in [6.07, 6.45) is 9.18. The first-order valence-corrected chi connectivity index (χ1v) is 16.0. The second-order valence-corrected chi connectivity index (χ2v) is 11.2. The van der Waals surface area contributed by atoms with E-state index in [4.69, 9.17) is 22.9 Å². The van der Waals surface area contributed by atoms with Crippen molar-refractivity contribution < 1.29 is 30.7 Å².